The Balaban J connectivity index is 1.58. The van der Waals surface area contributed by atoms with Crippen LogP contribution in [0, 0.1) is 5.92 Å². The summed E-state index contributed by atoms with van der Waals surface area (Å²) >= 11 is 1.38. The topological polar surface area (TPSA) is 213 Å². The number of carbonyl (C=O) groups is 6. The third kappa shape index (κ3) is 8.75. The van der Waals surface area contributed by atoms with Gasteiger partial charge in [-0.15, -0.1) is 11.3 Å². The molecule has 2 aliphatic heterocycles. The van der Waals surface area contributed by atoms with Crippen LogP contribution in [0.5, 0.6) is 0 Å². The smallest absolute Gasteiger partial charge is 0.267 e. The van der Waals surface area contributed by atoms with Crippen LogP contribution in [0.3, 0.4) is 0 Å². The maximum absolute atomic E-state index is 14.0. The van der Waals surface area contributed by atoms with Crippen molar-refractivity contribution in [3.8, 4) is 0 Å². The summed E-state index contributed by atoms with van der Waals surface area (Å²) in [6, 6.07) is 3.86. The number of amides is 5. The number of carbonyl (C=O) groups excluding carboxylic acids is 6. The van der Waals surface area contributed by atoms with Gasteiger partial charge in [-0.2, -0.15) is 8.42 Å². The molecule has 4 heterocycles. The highest BCUT2D eigenvalue weighted by molar-refractivity contribution is 7.85. The van der Waals surface area contributed by atoms with E-state index < -0.39 is 75.6 Å². The first-order valence-electron chi connectivity index (χ1n) is 16.3. The van der Waals surface area contributed by atoms with Crippen LogP contribution in [-0.4, -0.2) is 101 Å². The van der Waals surface area contributed by atoms with Crippen LogP contribution >= 0.6 is 11.3 Å². The van der Waals surface area contributed by atoms with Crippen molar-refractivity contribution < 1.29 is 41.7 Å². The maximum atomic E-state index is 14.0. The van der Waals surface area contributed by atoms with Gasteiger partial charge in [0.25, 0.3) is 10.1 Å². The van der Waals surface area contributed by atoms with E-state index in [4.69, 9.17) is 0 Å². The molecule has 0 radical (unpaired) electrons. The van der Waals surface area contributed by atoms with Crippen LogP contribution < -0.4 is 21.3 Å². The molecular weight excluding hydrogens is 689 g/mol. The third-order valence-corrected chi connectivity index (χ3v) is 10.4. The fraction of sp³-hybridized carbons (Fsp3) is 0.455. The molecule has 268 valence electrons. The molecule has 2 fully saturated rings. The lowest BCUT2D eigenvalue weighted by Crippen LogP contribution is -2.59. The Bertz CT molecular complexity index is 1870. The first kappa shape index (κ1) is 36.7. The summed E-state index contributed by atoms with van der Waals surface area (Å²) in [7, 11) is -4.84. The molecule has 2 aromatic heterocycles. The number of thiophene rings is 1. The fourth-order valence-electron chi connectivity index (χ4n) is 6.47. The van der Waals surface area contributed by atoms with Gasteiger partial charge in [-0.05, 0) is 48.3 Å². The largest absolute Gasteiger partial charge is 0.342 e. The zero-order valence-corrected chi connectivity index (χ0v) is 29.2. The fourth-order valence-corrected chi connectivity index (χ4v) is 7.87. The quantitative estimate of drug-likeness (QED) is 0.152. The lowest BCUT2D eigenvalue weighted by atomic mass is 10.00. The second kappa shape index (κ2) is 15.5. The Morgan fingerprint density at radius 2 is 1.52 bits per heavy atom. The number of aromatic nitrogens is 1. The molecule has 2 saturated heterocycles. The van der Waals surface area contributed by atoms with Crippen molar-refractivity contribution in [2.45, 2.75) is 76.2 Å². The van der Waals surface area contributed by atoms with Crippen molar-refractivity contribution in [2.75, 3.05) is 12.3 Å². The van der Waals surface area contributed by atoms with Gasteiger partial charge in [0.2, 0.25) is 35.9 Å². The molecule has 0 spiro atoms. The molecule has 3 aromatic rings. The van der Waals surface area contributed by atoms with Gasteiger partial charge < -0.3 is 26.2 Å². The van der Waals surface area contributed by atoms with Crippen molar-refractivity contribution >= 4 is 68.3 Å². The molecule has 15 nitrogen and oxygen atoms in total. The van der Waals surface area contributed by atoms with Crippen molar-refractivity contribution in [3.05, 3.63) is 58.4 Å². The molecule has 0 bridgehead atoms. The minimum absolute atomic E-state index is 0.0539. The van der Waals surface area contributed by atoms with E-state index in [0.29, 0.717) is 29.3 Å². The van der Waals surface area contributed by atoms with Gasteiger partial charge in [0.1, 0.15) is 36.0 Å². The maximum Gasteiger partial charge on any atom is 0.267 e. The highest BCUT2D eigenvalue weighted by Crippen LogP contribution is 2.23. The van der Waals surface area contributed by atoms with E-state index in [-0.39, 0.29) is 38.1 Å². The van der Waals surface area contributed by atoms with E-state index >= 15 is 0 Å². The first-order valence-corrected chi connectivity index (χ1v) is 18.8. The predicted octanol–water partition coefficient (Wildman–Crippen LogP) is 0.404. The molecule has 0 saturated carbocycles. The number of hydrogen-bond donors (Lipinski definition) is 5. The molecule has 2 aliphatic rings. The summed E-state index contributed by atoms with van der Waals surface area (Å²) in [6.07, 6.45) is 2.75. The van der Waals surface area contributed by atoms with Gasteiger partial charge in [0.05, 0.1) is 5.52 Å². The van der Waals surface area contributed by atoms with Gasteiger partial charge in [0, 0.05) is 35.8 Å². The Labute approximate surface area is 292 Å². The van der Waals surface area contributed by atoms with Crippen molar-refractivity contribution in [1.82, 2.24) is 30.7 Å². The molecule has 17 heteroatoms. The molecule has 5 atom stereocenters. The highest BCUT2D eigenvalue weighted by atomic mass is 32.2. The average Bonchev–Trinajstić information content (AvgIpc) is 3.82. The minimum atomic E-state index is -4.84. The van der Waals surface area contributed by atoms with E-state index in [2.05, 4.69) is 21.3 Å². The summed E-state index contributed by atoms with van der Waals surface area (Å²) < 4.78 is 35.3. The second-order valence-electron chi connectivity index (χ2n) is 13.0. The predicted molar refractivity (Wildman–Crippen MR) is 184 cm³/mol. The molecule has 0 aliphatic carbocycles. The summed E-state index contributed by atoms with van der Waals surface area (Å²) in [6.45, 7) is 3.75. The van der Waals surface area contributed by atoms with E-state index in [0.717, 1.165) is 9.78 Å². The van der Waals surface area contributed by atoms with E-state index in [1.54, 1.807) is 36.4 Å². The number of para-hydroxylation sites is 1. The van der Waals surface area contributed by atoms with Gasteiger partial charge in [0.15, 0.2) is 0 Å². The Kier molecular flexibility index (Phi) is 11.4. The highest BCUT2D eigenvalue weighted by Gasteiger charge is 2.42. The number of nitrogens with one attached hydrogen (secondary N) is 4. The van der Waals surface area contributed by atoms with Crippen LogP contribution in [0.4, 0.5) is 0 Å². The standard InChI is InChI=1S/C33H40N6O9S2/c1-19(2)13-23-29(41)35-24(14-20-16-38(18-40)27-9-4-3-8-22(20)27)30(42)37-26(17-50(46,47)48)33(45)39-11-5-10-28(39)32(44)36-25(31(43)34-23)15-21-7-6-12-49-21/h3-4,6-9,12,16,18-19,23-26,28H,5,10-11,13-15,17H2,1-2H3,(H,34,43)(H,35,41)(H,36,44)(H,37,42)(H,46,47,48)/t23-,24+,25+,26-,28-/m0/s1. The van der Waals surface area contributed by atoms with Crippen LogP contribution in [-0.2, 0) is 51.7 Å². The van der Waals surface area contributed by atoms with Crippen molar-refractivity contribution in [2.24, 2.45) is 5.92 Å². The monoisotopic (exact) mass is 728 g/mol. The average molecular weight is 729 g/mol. The minimum Gasteiger partial charge on any atom is -0.342 e. The molecule has 5 N–H and O–H groups in total. The third-order valence-electron chi connectivity index (χ3n) is 8.78. The number of hydrogen-bond acceptors (Lipinski definition) is 9. The van der Waals surface area contributed by atoms with Crippen molar-refractivity contribution in [1.29, 1.82) is 0 Å². The summed E-state index contributed by atoms with van der Waals surface area (Å²) in [5.41, 5.74) is 1.03. The lowest BCUT2D eigenvalue weighted by Gasteiger charge is -2.29. The number of nitrogens with zero attached hydrogens (tertiary/aromatic N) is 2. The molecule has 5 rings (SSSR count). The van der Waals surface area contributed by atoms with Gasteiger partial charge in [-0.25, -0.2) is 0 Å². The summed E-state index contributed by atoms with van der Waals surface area (Å²) in [5, 5.41) is 13.0. The molecule has 50 heavy (non-hydrogen) atoms. The molecule has 0 unspecified atom stereocenters. The number of fused-ring (bicyclic) bond motifs is 2. The normalized spacial score (nSPS) is 24.2. The van der Waals surface area contributed by atoms with E-state index in [9.17, 15) is 41.7 Å². The number of benzene rings is 1. The van der Waals surface area contributed by atoms with Crippen LogP contribution in [0.25, 0.3) is 10.9 Å². The Morgan fingerprint density at radius 3 is 2.18 bits per heavy atom. The van der Waals surface area contributed by atoms with E-state index in [1.165, 1.54) is 22.1 Å². The zero-order valence-electron chi connectivity index (χ0n) is 27.5. The second-order valence-corrected chi connectivity index (χ2v) is 15.5. The summed E-state index contributed by atoms with van der Waals surface area (Å²) in [5.74, 6) is -5.21. The summed E-state index contributed by atoms with van der Waals surface area (Å²) in [4.78, 5) is 83.2. The zero-order chi connectivity index (χ0) is 36.2. The molecule has 5 amide bonds. The van der Waals surface area contributed by atoms with Crippen molar-refractivity contribution in [3.63, 3.8) is 0 Å². The number of rotatable bonds is 9. The first-order chi connectivity index (χ1) is 23.7. The van der Waals surface area contributed by atoms with Crippen LogP contribution in [0.15, 0.2) is 48.0 Å². The lowest BCUT2D eigenvalue weighted by molar-refractivity contribution is -0.141. The van der Waals surface area contributed by atoms with Crippen LogP contribution in [0.1, 0.15) is 43.6 Å². The Hall–Kier alpha value is -4.61. The molecular formula is C33H40N6O9S2. The van der Waals surface area contributed by atoms with Gasteiger partial charge >= 0.3 is 0 Å². The van der Waals surface area contributed by atoms with Gasteiger partial charge in [-0.1, -0.05) is 38.1 Å². The SMILES string of the molecule is CC(C)C[C@@H]1NC(=O)[C@@H](Cc2cccs2)NC(=O)[C@@H]2CCCN2C(=O)[C@H](CS(=O)(=O)O)NC(=O)[C@@H](Cc2cn(C=O)c3ccccc23)NC1=O. The van der Waals surface area contributed by atoms with E-state index in [1.807, 2.05) is 19.2 Å². The Morgan fingerprint density at radius 1 is 0.880 bits per heavy atom. The van der Waals surface area contributed by atoms with Crippen LogP contribution in [0.2, 0.25) is 0 Å². The van der Waals surface area contributed by atoms with Gasteiger partial charge in [-0.3, -0.25) is 37.9 Å². The molecule has 1 aromatic carbocycles.